The molecule has 0 saturated heterocycles. The van der Waals surface area contributed by atoms with Crippen LogP contribution in [0.25, 0.3) is 0 Å². The summed E-state index contributed by atoms with van der Waals surface area (Å²) < 4.78 is 11.6. The number of carbonyl (C=O) groups is 2. The van der Waals surface area contributed by atoms with Gasteiger partial charge in [0.2, 0.25) is 0 Å². The smallest absolute Gasteiger partial charge is 0.253 e. The van der Waals surface area contributed by atoms with E-state index >= 15 is 0 Å². The van der Waals surface area contributed by atoms with Crippen LogP contribution >= 0.6 is 0 Å². The van der Waals surface area contributed by atoms with Gasteiger partial charge in [-0.25, -0.2) is 0 Å². The highest BCUT2D eigenvalue weighted by atomic mass is 16.5. The fourth-order valence-electron chi connectivity index (χ4n) is 4.73. The second-order valence-corrected chi connectivity index (χ2v) is 10.2. The van der Waals surface area contributed by atoms with Crippen LogP contribution in [0.3, 0.4) is 0 Å². The number of pyridine rings is 1. The number of rotatable bonds is 14. The number of nitrogens with zero attached hydrogens (tertiary/aromatic N) is 3. The normalized spacial score (nSPS) is 10.7. The zero-order valence-corrected chi connectivity index (χ0v) is 24.5. The summed E-state index contributed by atoms with van der Waals surface area (Å²) in [7, 11) is 0. The zero-order chi connectivity index (χ0) is 30.4. The Morgan fingerprint density at radius 2 is 0.841 bits per heavy atom. The number of benzene rings is 4. The van der Waals surface area contributed by atoms with E-state index in [-0.39, 0.29) is 38.2 Å². The minimum absolute atomic E-state index is 0.0879. The van der Waals surface area contributed by atoms with Crippen molar-refractivity contribution in [2.24, 2.45) is 0 Å². The van der Waals surface area contributed by atoms with Crippen LogP contribution in [0.5, 0.6) is 0 Å². The van der Waals surface area contributed by atoms with Gasteiger partial charge in [0.05, 0.1) is 37.7 Å². The Bertz CT molecular complexity index is 1480. The summed E-state index contributed by atoms with van der Waals surface area (Å²) in [5.41, 5.74) is 5.04. The third-order valence-corrected chi connectivity index (χ3v) is 6.92. The van der Waals surface area contributed by atoms with Gasteiger partial charge in [-0.2, -0.15) is 0 Å². The molecule has 0 atom stereocenters. The maximum absolute atomic E-state index is 13.2. The van der Waals surface area contributed by atoms with Crippen LogP contribution in [0, 0.1) is 0 Å². The number of carbonyl (C=O) groups excluding carboxylic acids is 2. The molecule has 1 aromatic heterocycles. The van der Waals surface area contributed by atoms with Crippen molar-refractivity contribution in [2.45, 2.75) is 26.3 Å². The van der Waals surface area contributed by atoms with Crippen LogP contribution in [0.1, 0.15) is 22.5 Å². The summed E-state index contributed by atoms with van der Waals surface area (Å²) in [4.78, 5) is 34.5. The molecule has 0 aliphatic rings. The van der Waals surface area contributed by atoms with Gasteiger partial charge in [0.25, 0.3) is 11.8 Å². The average Bonchev–Trinajstić information content (AvgIpc) is 3.08. The summed E-state index contributed by atoms with van der Waals surface area (Å²) in [5.74, 6) is -0.284. The minimum Gasteiger partial charge on any atom is -0.365 e. The van der Waals surface area contributed by atoms with Gasteiger partial charge in [-0.1, -0.05) is 103 Å². The van der Waals surface area contributed by atoms with E-state index < -0.39 is 0 Å². The van der Waals surface area contributed by atoms with Crippen molar-refractivity contribution in [3.05, 3.63) is 162 Å². The molecule has 0 spiro atoms. The van der Waals surface area contributed by atoms with Crippen molar-refractivity contribution in [3.63, 3.8) is 0 Å². The van der Waals surface area contributed by atoms with Gasteiger partial charge >= 0.3 is 0 Å². The summed E-state index contributed by atoms with van der Waals surface area (Å²) in [6, 6.07) is 44.4. The first-order chi connectivity index (χ1) is 21.7. The van der Waals surface area contributed by atoms with Gasteiger partial charge in [-0.3, -0.25) is 14.6 Å². The Morgan fingerprint density at radius 1 is 0.477 bits per heavy atom. The lowest BCUT2D eigenvalue weighted by atomic mass is 10.2. The third-order valence-electron chi connectivity index (χ3n) is 6.92. The highest BCUT2D eigenvalue weighted by molar-refractivity contribution is 5.94. The predicted molar refractivity (Wildman–Crippen MR) is 172 cm³/mol. The van der Waals surface area contributed by atoms with Gasteiger partial charge in [0, 0.05) is 11.4 Å². The molecule has 0 saturated carbocycles. The molecule has 0 radical (unpaired) electrons. The number of para-hydroxylation sites is 2. The van der Waals surface area contributed by atoms with Crippen LogP contribution < -0.4 is 9.80 Å². The Hall–Kier alpha value is -5.11. The lowest BCUT2D eigenvalue weighted by Crippen LogP contribution is -2.33. The summed E-state index contributed by atoms with van der Waals surface area (Å²) in [6.45, 7) is 1.06. The first kappa shape index (κ1) is 30.4. The SMILES string of the molecule is O=C(COCc1cccc(COCC(=O)N(Cc2ccccc2)c2ccccc2)n1)N(Cc1ccccc1)c1ccccc1. The molecular weight excluding hydrogens is 550 g/mol. The number of hydrogen-bond donors (Lipinski definition) is 0. The highest BCUT2D eigenvalue weighted by Crippen LogP contribution is 2.19. The van der Waals surface area contributed by atoms with Crippen molar-refractivity contribution in [2.75, 3.05) is 23.0 Å². The molecule has 0 fully saturated rings. The topological polar surface area (TPSA) is 72.0 Å². The molecule has 4 aromatic carbocycles. The Kier molecular flexibility index (Phi) is 11.0. The number of amides is 2. The number of ether oxygens (including phenoxy) is 2. The molecule has 1 heterocycles. The summed E-state index contributed by atoms with van der Waals surface area (Å²) in [5, 5.41) is 0. The maximum atomic E-state index is 13.2. The second-order valence-electron chi connectivity index (χ2n) is 10.2. The lowest BCUT2D eigenvalue weighted by Gasteiger charge is -2.23. The van der Waals surface area contributed by atoms with Crippen LogP contribution in [0.2, 0.25) is 0 Å². The molecule has 44 heavy (non-hydrogen) atoms. The van der Waals surface area contributed by atoms with E-state index in [1.807, 2.05) is 140 Å². The molecule has 0 N–H and O–H groups in total. The maximum Gasteiger partial charge on any atom is 0.253 e. The zero-order valence-electron chi connectivity index (χ0n) is 24.5. The quantitative estimate of drug-likeness (QED) is 0.147. The lowest BCUT2D eigenvalue weighted by molar-refractivity contribution is -0.124. The van der Waals surface area contributed by atoms with E-state index in [2.05, 4.69) is 4.98 Å². The van der Waals surface area contributed by atoms with E-state index in [1.165, 1.54) is 0 Å². The molecule has 5 rings (SSSR count). The fraction of sp³-hybridized carbons (Fsp3) is 0.162. The van der Waals surface area contributed by atoms with Gasteiger partial charge in [0.15, 0.2) is 0 Å². The van der Waals surface area contributed by atoms with Crippen molar-refractivity contribution < 1.29 is 19.1 Å². The number of anilines is 2. The number of aromatic nitrogens is 1. The van der Waals surface area contributed by atoms with Gasteiger partial charge in [-0.05, 0) is 47.5 Å². The molecular formula is C37H35N3O4. The van der Waals surface area contributed by atoms with Crippen LogP contribution in [0.4, 0.5) is 11.4 Å². The molecule has 222 valence electrons. The largest absolute Gasteiger partial charge is 0.365 e. The average molecular weight is 586 g/mol. The standard InChI is InChI=1S/C37H35N3O4/c41-36(39(34-20-9-3-10-21-34)24-30-14-5-1-6-15-30)28-43-26-32-18-13-19-33(38-32)27-44-29-37(42)40(35-22-11-4-12-23-35)25-31-16-7-2-8-17-31/h1-23H,24-29H2. The van der Waals surface area contributed by atoms with Crippen molar-refractivity contribution in [1.29, 1.82) is 0 Å². The Balaban J connectivity index is 1.13. The molecule has 0 unspecified atom stereocenters. The van der Waals surface area contributed by atoms with Crippen molar-refractivity contribution in [3.8, 4) is 0 Å². The fourth-order valence-corrected chi connectivity index (χ4v) is 4.73. The molecule has 5 aromatic rings. The molecule has 7 heteroatoms. The van der Waals surface area contributed by atoms with Gasteiger partial charge < -0.3 is 19.3 Å². The first-order valence-corrected chi connectivity index (χ1v) is 14.5. The van der Waals surface area contributed by atoms with E-state index in [1.54, 1.807) is 9.80 Å². The third kappa shape index (κ3) is 8.94. The highest BCUT2D eigenvalue weighted by Gasteiger charge is 2.18. The van der Waals surface area contributed by atoms with E-state index in [9.17, 15) is 9.59 Å². The first-order valence-electron chi connectivity index (χ1n) is 14.5. The van der Waals surface area contributed by atoms with E-state index in [4.69, 9.17) is 9.47 Å². The molecule has 7 nitrogen and oxygen atoms in total. The Morgan fingerprint density at radius 3 is 1.23 bits per heavy atom. The van der Waals surface area contributed by atoms with Crippen LogP contribution in [0.15, 0.2) is 140 Å². The molecule has 0 aliphatic heterocycles. The number of hydrogen-bond acceptors (Lipinski definition) is 5. The van der Waals surface area contributed by atoms with E-state index in [0.29, 0.717) is 24.5 Å². The molecule has 0 bridgehead atoms. The summed E-state index contributed by atoms with van der Waals surface area (Å²) >= 11 is 0. The molecule has 2 amide bonds. The van der Waals surface area contributed by atoms with Gasteiger partial charge in [-0.15, -0.1) is 0 Å². The van der Waals surface area contributed by atoms with Crippen molar-refractivity contribution in [1.82, 2.24) is 4.98 Å². The second kappa shape index (κ2) is 15.9. The van der Waals surface area contributed by atoms with Gasteiger partial charge in [0.1, 0.15) is 13.2 Å². The van der Waals surface area contributed by atoms with E-state index in [0.717, 1.165) is 22.5 Å². The van der Waals surface area contributed by atoms with Crippen molar-refractivity contribution >= 4 is 23.2 Å². The predicted octanol–water partition coefficient (Wildman–Crippen LogP) is 6.58. The van der Waals surface area contributed by atoms with Crippen LogP contribution in [-0.2, 0) is 45.4 Å². The monoisotopic (exact) mass is 585 g/mol. The minimum atomic E-state index is -0.142. The Labute approximate surface area is 258 Å². The summed E-state index contributed by atoms with van der Waals surface area (Å²) in [6.07, 6.45) is 0. The molecule has 0 aliphatic carbocycles. The van der Waals surface area contributed by atoms with Crippen LogP contribution in [-0.4, -0.2) is 30.0 Å².